The summed E-state index contributed by atoms with van der Waals surface area (Å²) in [6, 6.07) is 17.1. The number of halogens is 1. The van der Waals surface area contributed by atoms with Crippen LogP contribution in [0.5, 0.6) is 11.5 Å². The minimum Gasteiger partial charge on any atom is -0.493 e. The van der Waals surface area contributed by atoms with Gasteiger partial charge in [0, 0.05) is 23.2 Å². The lowest BCUT2D eigenvalue weighted by Crippen LogP contribution is -2.55. The maximum absolute atomic E-state index is 14.3. The van der Waals surface area contributed by atoms with Crippen LogP contribution in [0.2, 0.25) is 5.02 Å². The predicted molar refractivity (Wildman–Crippen MR) is 169 cm³/mol. The van der Waals surface area contributed by atoms with Crippen LogP contribution in [0.15, 0.2) is 71.6 Å². The van der Waals surface area contributed by atoms with E-state index in [1.807, 2.05) is 58.9 Å². The monoisotopic (exact) mass is 629 g/mol. The fourth-order valence-electron chi connectivity index (χ4n) is 4.58. The molecule has 2 amide bonds. The number of rotatable bonds is 12. The minimum absolute atomic E-state index is 0.101. The summed E-state index contributed by atoms with van der Waals surface area (Å²) in [6.45, 7) is 8.89. The van der Waals surface area contributed by atoms with Crippen LogP contribution < -0.4 is 19.1 Å². The van der Waals surface area contributed by atoms with E-state index in [1.165, 1.54) is 49.5 Å². The van der Waals surface area contributed by atoms with Crippen molar-refractivity contribution in [2.24, 2.45) is 0 Å². The van der Waals surface area contributed by atoms with E-state index in [9.17, 15) is 18.0 Å². The van der Waals surface area contributed by atoms with Crippen molar-refractivity contribution in [3.63, 3.8) is 0 Å². The largest absolute Gasteiger partial charge is 0.493 e. The Morgan fingerprint density at radius 2 is 1.58 bits per heavy atom. The Kier molecular flexibility index (Phi) is 11.1. The smallest absolute Gasteiger partial charge is 0.264 e. The molecule has 1 atom stereocenters. The number of benzene rings is 3. The third kappa shape index (κ3) is 8.42. The van der Waals surface area contributed by atoms with E-state index in [2.05, 4.69) is 5.32 Å². The van der Waals surface area contributed by atoms with Crippen LogP contribution in [0.4, 0.5) is 5.69 Å². The molecular formula is C32H40ClN3O6S. The number of anilines is 1. The van der Waals surface area contributed by atoms with Crippen molar-refractivity contribution in [2.75, 3.05) is 25.1 Å². The molecule has 3 rings (SSSR count). The van der Waals surface area contributed by atoms with Crippen molar-refractivity contribution in [3.05, 3.63) is 82.9 Å². The average Bonchev–Trinajstić information content (AvgIpc) is 2.95. The molecule has 0 radical (unpaired) electrons. The normalized spacial score (nSPS) is 12.3. The highest BCUT2D eigenvalue weighted by molar-refractivity contribution is 7.92. The number of carbonyl (C=O) groups is 2. The van der Waals surface area contributed by atoms with Gasteiger partial charge in [0.25, 0.3) is 10.0 Å². The Morgan fingerprint density at radius 1 is 0.953 bits per heavy atom. The lowest BCUT2D eigenvalue weighted by Gasteiger charge is -2.35. The molecule has 232 valence electrons. The first-order chi connectivity index (χ1) is 20.2. The first kappa shape index (κ1) is 33.7. The topological polar surface area (TPSA) is 105 Å². The van der Waals surface area contributed by atoms with E-state index in [1.54, 1.807) is 12.1 Å². The molecule has 0 fully saturated rings. The SMILES string of the molecule is CCC(C(=O)NC(C)(C)C)N(Cc1ccccc1C)C(=O)CN(c1ccc(Cl)cc1)S(=O)(=O)c1ccc(OC)c(OC)c1. The summed E-state index contributed by atoms with van der Waals surface area (Å²) in [5.74, 6) is -0.288. The van der Waals surface area contributed by atoms with Gasteiger partial charge >= 0.3 is 0 Å². The molecule has 0 saturated heterocycles. The highest BCUT2D eigenvalue weighted by atomic mass is 35.5. The first-order valence-electron chi connectivity index (χ1n) is 13.9. The summed E-state index contributed by atoms with van der Waals surface area (Å²) in [7, 11) is -1.45. The molecule has 9 nitrogen and oxygen atoms in total. The van der Waals surface area contributed by atoms with Gasteiger partial charge in [0.05, 0.1) is 24.8 Å². The van der Waals surface area contributed by atoms with Gasteiger partial charge in [0.1, 0.15) is 12.6 Å². The Morgan fingerprint density at radius 3 is 2.14 bits per heavy atom. The fourth-order valence-corrected chi connectivity index (χ4v) is 6.14. The Labute approximate surface area is 259 Å². The Balaban J connectivity index is 2.12. The molecule has 0 aliphatic rings. The molecule has 0 aliphatic heterocycles. The fraction of sp³-hybridized carbons (Fsp3) is 0.375. The van der Waals surface area contributed by atoms with Gasteiger partial charge in [0.15, 0.2) is 11.5 Å². The number of nitrogens with zero attached hydrogens (tertiary/aromatic N) is 2. The lowest BCUT2D eigenvalue weighted by atomic mass is 10.0. The molecule has 0 bridgehead atoms. The molecular weight excluding hydrogens is 590 g/mol. The molecule has 0 aliphatic carbocycles. The number of carbonyl (C=O) groups excluding carboxylic acids is 2. The molecule has 0 spiro atoms. The molecule has 1 unspecified atom stereocenters. The van der Waals surface area contributed by atoms with Gasteiger partial charge in [-0.25, -0.2) is 8.42 Å². The number of amides is 2. The van der Waals surface area contributed by atoms with Crippen molar-refractivity contribution in [2.45, 2.75) is 64.1 Å². The van der Waals surface area contributed by atoms with Gasteiger partial charge in [-0.2, -0.15) is 0 Å². The number of nitrogens with one attached hydrogen (secondary N) is 1. The highest BCUT2D eigenvalue weighted by Crippen LogP contribution is 2.33. The van der Waals surface area contributed by atoms with Crippen molar-refractivity contribution in [1.82, 2.24) is 10.2 Å². The van der Waals surface area contributed by atoms with Crippen LogP contribution >= 0.6 is 11.6 Å². The molecule has 43 heavy (non-hydrogen) atoms. The van der Waals surface area contributed by atoms with Crippen LogP contribution in [0.25, 0.3) is 0 Å². The number of aryl methyl sites for hydroxylation is 1. The van der Waals surface area contributed by atoms with Crippen molar-refractivity contribution < 1.29 is 27.5 Å². The maximum Gasteiger partial charge on any atom is 0.264 e. The highest BCUT2D eigenvalue weighted by Gasteiger charge is 2.35. The summed E-state index contributed by atoms with van der Waals surface area (Å²) in [4.78, 5) is 29.1. The maximum atomic E-state index is 14.3. The lowest BCUT2D eigenvalue weighted by molar-refractivity contribution is -0.141. The molecule has 0 saturated carbocycles. The van der Waals surface area contributed by atoms with Gasteiger partial charge in [-0.05, 0) is 81.6 Å². The zero-order valence-electron chi connectivity index (χ0n) is 25.7. The summed E-state index contributed by atoms with van der Waals surface area (Å²) in [5.41, 5.74) is 1.49. The number of methoxy groups -OCH3 is 2. The van der Waals surface area contributed by atoms with Gasteiger partial charge in [-0.15, -0.1) is 0 Å². The molecule has 0 heterocycles. The van der Waals surface area contributed by atoms with E-state index in [-0.39, 0.29) is 28.8 Å². The summed E-state index contributed by atoms with van der Waals surface area (Å²) in [5, 5.41) is 3.38. The molecule has 11 heteroatoms. The molecule has 1 N–H and O–H groups in total. The second-order valence-electron chi connectivity index (χ2n) is 11.1. The Bertz CT molecular complexity index is 1540. The molecule has 3 aromatic carbocycles. The zero-order chi connectivity index (χ0) is 31.9. The third-order valence-electron chi connectivity index (χ3n) is 6.82. The van der Waals surface area contributed by atoms with E-state index in [0.717, 1.165) is 15.4 Å². The summed E-state index contributed by atoms with van der Waals surface area (Å²) >= 11 is 6.11. The minimum atomic E-state index is -4.31. The second-order valence-corrected chi connectivity index (χ2v) is 13.4. The first-order valence-corrected chi connectivity index (χ1v) is 15.7. The summed E-state index contributed by atoms with van der Waals surface area (Å²) < 4.78 is 40.0. The third-order valence-corrected chi connectivity index (χ3v) is 8.84. The number of sulfonamides is 1. The van der Waals surface area contributed by atoms with E-state index < -0.39 is 34.1 Å². The van der Waals surface area contributed by atoms with Gasteiger partial charge < -0.3 is 19.7 Å². The van der Waals surface area contributed by atoms with E-state index >= 15 is 0 Å². The number of hydrogen-bond acceptors (Lipinski definition) is 6. The number of hydrogen-bond donors (Lipinski definition) is 1. The van der Waals surface area contributed by atoms with Crippen LogP contribution in [-0.2, 0) is 26.2 Å². The van der Waals surface area contributed by atoms with Crippen molar-refractivity contribution >= 4 is 39.1 Å². The second kappa shape index (κ2) is 14.1. The van der Waals surface area contributed by atoms with Crippen molar-refractivity contribution in [1.29, 1.82) is 0 Å². The molecule has 0 aromatic heterocycles. The van der Waals surface area contributed by atoms with Crippen LogP contribution in [-0.4, -0.2) is 57.5 Å². The number of ether oxygens (including phenoxy) is 2. The zero-order valence-corrected chi connectivity index (χ0v) is 27.3. The van der Waals surface area contributed by atoms with Crippen LogP contribution in [0.1, 0.15) is 45.2 Å². The predicted octanol–water partition coefficient (Wildman–Crippen LogP) is 5.58. The Hall–Kier alpha value is -3.76. The molecule has 3 aromatic rings. The van der Waals surface area contributed by atoms with Gasteiger partial charge in [0.2, 0.25) is 11.8 Å². The average molecular weight is 630 g/mol. The summed E-state index contributed by atoms with van der Waals surface area (Å²) in [6.07, 6.45) is 0.322. The van der Waals surface area contributed by atoms with Gasteiger partial charge in [-0.3, -0.25) is 13.9 Å². The van der Waals surface area contributed by atoms with Crippen LogP contribution in [0, 0.1) is 6.92 Å². The van der Waals surface area contributed by atoms with Crippen LogP contribution in [0.3, 0.4) is 0 Å². The standard InChI is InChI=1S/C32H40ClN3O6S/c1-8-27(31(38)34-32(3,4)5)35(20-23-12-10-9-11-22(23)2)30(37)21-36(25-15-13-24(33)14-16-25)43(39,40)26-17-18-28(41-6)29(19-26)42-7/h9-19,27H,8,20-21H2,1-7H3,(H,34,38). The van der Waals surface area contributed by atoms with E-state index in [4.69, 9.17) is 21.1 Å². The quantitative estimate of drug-likeness (QED) is 0.280. The van der Waals surface area contributed by atoms with Gasteiger partial charge in [-0.1, -0.05) is 42.8 Å². The van der Waals surface area contributed by atoms with E-state index in [0.29, 0.717) is 17.2 Å². The van der Waals surface area contributed by atoms with Crippen molar-refractivity contribution in [3.8, 4) is 11.5 Å².